The summed E-state index contributed by atoms with van der Waals surface area (Å²) < 4.78 is 40.0. The smallest absolute Gasteiger partial charge is 0.351 e. The summed E-state index contributed by atoms with van der Waals surface area (Å²) >= 11 is 0. The fourth-order valence-electron chi connectivity index (χ4n) is 1.40. The summed E-state index contributed by atoms with van der Waals surface area (Å²) in [6.07, 6.45) is 2.41. The maximum Gasteiger partial charge on any atom is 0.351 e. The first-order valence-electron chi connectivity index (χ1n) is 4.43. The lowest BCUT2D eigenvalue weighted by atomic mass is 10.3. The van der Waals surface area contributed by atoms with Gasteiger partial charge >= 0.3 is 16.2 Å². The Bertz CT molecular complexity index is 692. The second-order valence-electron chi connectivity index (χ2n) is 3.19. The van der Waals surface area contributed by atoms with Crippen LogP contribution in [0, 0.1) is 0 Å². The van der Waals surface area contributed by atoms with Crippen molar-refractivity contribution < 1.29 is 21.8 Å². The van der Waals surface area contributed by atoms with E-state index < -0.39 is 21.2 Å². The molecular formula is C9H7FN2O4S. The first kappa shape index (κ1) is 11.5. The number of nitrogens with zero attached hydrogens (tertiary/aromatic N) is 2. The number of pyridine rings is 1. The number of carbonyl (C=O) groups is 1. The molecule has 0 fully saturated rings. The number of imidazole rings is 1. The molecule has 0 aliphatic heterocycles. The Hall–Kier alpha value is -1.96. The van der Waals surface area contributed by atoms with Gasteiger partial charge in [-0.2, -0.15) is 8.42 Å². The summed E-state index contributed by atoms with van der Waals surface area (Å²) in [5.41, 5.74) is 0.264. The van der Waals surface area contributed by atoms with Crippen molar-refractivity contribution in [2.45, 2.75) is 5.03 Å². The average molecular weight is 258 g/mol. The first-order chi connectivity index (χ1) is 7.93. The molecule has 8 heteroatoms. The van der Waals surface area contributed by atoms with Gasteiger partial charge in [0.2, 0.25) is 5.03 Å². The van der Waals surface area contributed by atoms with Crippen LogP contribution < -0.4 is 0 Å². The highest BCUT2D eigenvalue weighted by atomic mass is 32.3. The van der Waals surface area contributed by atoms with Crippen LogP contribution in [0.25, 0.3) is 5.52 Å². The van der Waals surface area contributed by atoms with Gasteiger partial charge in [0.25, 0.3) is 0 Å². The molecule has 6 nitrogen and oxygen atoms in total. The number of methoxy groups -OCH3 is 1. The van der Waals surface area contributed by atoms with Gasteiger partial charge < -0.3 is 9.14 Å². The zero-order chi connectivity index (χ0) is 12.6. The molecule has 17 heavy (non-hydrogen) atoms. The predicted octanol–water partition coefficient (Wildman–Crippen LogP) is 0.779. The third kappa shape index (κ3) is 1.98. The third-order valence-electron chi connectivity index (χ3n) is 2.15. The van der Waals surface area contributed by atoms with E-state index in [1.54, 1.807) is 0 Å². The summed E-state index contributed by atoms with van der Waals surface area (Å²) in [7, 11) is -3.65. The highest BCUT2D eigenvalue weighted by Crippen LogP contribution is 2.18. The Labute approximate surface area is 95.9 Å². The molecule has 0 bridgehead atoms. The Morgan fingerprint density at radius 2 is 2.18 bits per heavy atom. The molecule has 0 aliphatic carbocycles. The molecule has 0 spiro atoms. The van der Waals surface area contributed by atoms with Gasteiger partial charge in [-0.1, -0.05) is 3.89 Å². The lowest BCUT2D eigenvalue weighted by Gasteiger charge is -2.00. The number of fused-ring (bicyclic) bond motifs is 1. The Morgan fingerprint density at radius 3 is 2.76 bits per heavy atom. The largest absolute Gasteiger partial charge is 0.465 e. The summed E-state index contributed by atoms with van der Waals surface area (Å²) in [5.74, 6) is -0.578. The Balaban J connectivity index is 2.64. The second-order valence-corrected chi connectivity index (χ2v) is 4.45. The van der Waals surface area contributed by atoms with E-state index in [1.165, 1.54) is 29.8 Å². The number of rotatable bonds is 2. The lowest BCUT2D eigenvalue weighted by molar-refractivity contribution is 0.0600. The minimum Gasteiger partial charge on any atom is -0.465 e. The molecule has 0 amide bonds. The van der Waals surface area contributed by atoms with E-state index in [0.717, 1.165) is 6.33 Å². The standard InChI is InChI=1S/C9H7FN2O4S/c1-16-9(13)6-2-3-7-8(17(10,14)15)11-5-12(7)4-6/h2-5H,1H3. The van der Waals surface area contributed by atoms with E-state index in [9.17, 15) is 17.1 Å². The van der Waals surface area contributed by atoms with Crippen molar-refractivity contribution in [1.29, 1.82) is 0 Å². The molecule has 2 aromatic rings. The van der Waals surface area contributed by atoms with Crippen LogP contribution in [-0.2, 0) is 15.0 Å². The van der Waals surface area contributed by atoms with Crippen molar-refractivity contribution in [3.8, 4) is 0 Å². The second kappa shape index (κ2) is 3.81. The summed E-state index contributed by atoms with van der Waals surface area (Å²) in [5, 5.41) is -0.672. The molecule has 0 N–H and O–H groups in total. The van der Waals surface area contributed by atoms with Crippen LogP contribution in [0.4, 0.5) is 3.89 Å². The molecule has 0 unspecified atom stereocenters. The molecule has 0 aromatic carbocycles. The Kier molecular flexibility index (Phi) is 2.58. The number of hydrogen-bond acceptors (Lipinski definition) is 5. The summed E-state index contributed by atoms with van der Waals surface area (Å²) in [6.45, 7) is 0. The number of esters is 1. The van der Waals surface area contributed by atoms with Crippen LogP contribution in [0.1, 0.15) is 10.4 Å². The quantitative estimate of drug-likeness (QED) is 0.587. The third-order valence-corrected chi connectivity index (χ3v) is 2.92. The molecule has 0 aliphatic rings. The van der Waals surface area contributed by atoms with Crippen LogP contribution in [0.2, 0.25) is 0 Å². The Morgan fingerprint density at radius 1 is 1.47 bits per heavy atom. The topological polar surface area (TPSA) is 77.7 Å². The van der Waals surface area contributed by atoms with Gasteiger partial charge in [-0.3, -0.25) is 0 Å². The lowest BCUT2D eigenvalue weighted by Crippen LogP contribution is -2.02. The number of ether oxygens (including phenoxy) is 1. The highest BCUT2D eigenvalue weighted by molar-refractivity contribution is 7.86. The molecule has 0 saturated carbocycles. The molecule has 2 heterocycles. The predicted molar refractivity (Wildman–Crippen MR) is 54.8 cm³/mol. The van der Waals surface area contributed by atoms with Gasteiger partial charge in [0, 0.05) is 6.20 Å². The maximum atomic E-state index is 12.8. The first-order valence-corrected chi connectivity index (χ1v) is 5.81. The average Bonchev–Trinajstić information content (AvgIpc) is 2.70. The van der Waals surface area contributed by atoms with E-state index in [0.29, 0.717) is 0 Å². The highest BCUT2D eigenvalue weighted by Gasteiger charge is 2.19. The van der Waals surface area contributed by atoms with E-state index in [2.05, 4.69) is 9.72 Å². The van der Waals surface area contributed by atoms with Crippen molar-refractivity contribution in [1.82, 2.24) is 9.38 Å². The van der Waals surface area contributed by atoms with Crippen molar-refractivity contribution in [2.75, 3.05) is 7.11 Å². The SMILES string of the molecule is COC(=O)c1ccc2c(S(=O)(=O)F)ncn2c1. The van der Waals surface area contributed by atoms with Crippen LogP contribution >= 0.6 is 0 Å². The minimum atomic E-state index is -4.87. The summed E-state index contributed by atoms with van der Waals surface area (Å²) in [4.78, 5) is 14.7. The van der Waals surface area contributed by atoms with Crippen LogP contribution in [0.3, 0.4) is 0 Å². The fourth-order valence-corrected chi connectivity index (χ4v) is 2.00. The van der Waals surface area contributed by atoms with Gasteiger partial charge in [-0.15, -0.1) is 0 Å². The van der Waals surface area contributed by atoms with E-state index >= 15 is 0 Å². The number of halogens is 1. The van der Waals surface area contributed by atoms with E-state index in [4.69, 9.17) is 0 Å². The molecule has 0 saturated heterocycles. The monoisotopic (exact) mass is 258 g/mol. The van der Waals surface area contributed by atoms with Gasteiger partial charge in [0.15, 0.2) is 0 Å². The van der Waals surface area contributed by atoms with Gasteiger partial charge in [-0.05, 0) is 12.1 Å². The van der Waals surface area contributed by atoms with Crippen molar-refractivity contribution >= 4 is 21.7 Å². The van der Waals surface area contributed by atoms with Gasteiger partial charge in [-0.25, -0.2) is 9.78 Å². The van der Waals surface area contributed by atoms with E-state index in [-0.39, 0.29) is 11.1 Å². The van der Waals surface area contributed by atoms with Crippen molar-refractivity contribution in [2.24, 2.45) is 0 Å². The molecule has 0 atom stereocenters. The van der Waals surface area contributed by atoms with Crippen molar-refractivity contribution in [3.05, 3.63) is 30.2 Å². The normalized spacial score (nSPS) is 11.6. The summed E-state index contributed by atoms with van der Waals surface area (Å²) in [6, 6.07) is 2.61. The number of aromatic nitrogens is 2. The van der Waals surface area contributed by atoms with Gasteiger partial charge in [0.05, 0.1) is 18.2 Å². The fraction of sp³-hybridized carbons (Fsp3) is 0.111. The zero-order valence-corrected chi connectivity index (χ0v) is 9.44. The van der Waals surface area contributed by atoms with Crippen molar-refractivity contribution in [3.63, 3.8) is 0 Å². The van der Waals surface area contributed by atoms with Crippen LogP contribution in [0.5, 0.6) is 0 Å². The molecule has 0 radical (unpaired) electrons. The van der Waals surface area contributed by atoms with Crippen LogP contribution in [-0.4, -0.2) is 30.9 Å². The molecule has 2 rings (SSSR count). The number of hydrogen-bond donors (Lipinski definition) is 0. The minimum absolute atomic E-state index is 0.0557. The number of carbonyl (C=O) groups excluding carboxylic acids is 1. The van der Waals surface area contributed by atoms with E-state index in [1.807, 2.05) is 0 Å². The molecule has 2 aromatic heterocycles. The molecule has 90 valence electrons. The van der Waals surface area contributed by atoms with Gasteiger partial charge in [0.1, 0.15) is 6.33 Å². The zero-order valence-electron chi connectivity index (χ0n) is 8.62. The van der Waals surface area contributed by atoms with Crippen LogP contribution in [0.15, 0.2) is 29.7 Å². The molecular weight excluding hydrogens is 251 g/mol. The maximum absolute atomic E-state index is 12.8.